The molecule has 2 aromatic rings. The molecule has 0 aliphatic rings. The average molecular weight is 325 g/mol. The van der Waals surface area contributed by atoms with E-state index in [0.29, 0.717) is 6.54 Å². The average Bonchev–Trinajstić information content (AvgIpc) is 2.74. The second-order valence-electron chi connectivity index (χ2n) is 4.84. The van der Waals surface area contributed by atoms with Gasteiger partial charge < -0.3 is 10.3 Å². The first kappa shape index (κ1) is 14.3. The summed E-state index contributed by atoms with van der Waals surface area (Å²) in [7, 11) is 0. The Labute approximate surface area is 121 Å². The summed E-state index contributed by atoms with van der Waals surface area (Å²) in [6.07, 6.45) is 5.95. The van der Waals surface area contributed by atoms with Gasteiger partial charge in [0.25, 0.3) is 0 Å². The summed E-state index contributed by atoms with van der Waals surface area (Å²) < 4.78 is 16.1. The first-order valence-electron chi connectivity index (χ1n) is 6.42. The lowest BCUT2D eigenvalue weighted by Gasteiger charge is -2.07. The Morgan fingerprint density at radius 2 is 2.11 bits per heavy atom. The summed E-state index contributed by atoms with van der Waals surface area (Å²) in [6.45, 7) is 2.75. The molecule has 0 spiro atoms. The molecule has 1 atom stereocenters. The van der Waals surface area contributed by atoms with Gasteiger partial charge in [0.15, 0.2) is 0 Å². The third-order valence-corrected chi connectivity index (χ3v) is 3.58. The number of nitrogens with two attached hydrogens (primary N) is 1. The third kappa shape index (κ3) is 4.18. The monoisotopic (exact) mass is 324 g/mol. The number of benzene rings is 1. The fourth-order valence-electron chi connectivity index (χ4n) is 2.07. The molecular weight excluding hydrogens is 307 g/mol. The van der Waals surface area contributed by atoms with Gasteiger partial charge in [-0.2, -0.15) is 0 Å². The van der Waals surface area contributed by atoms with Gasteiger partial charge in [0, 0.05) is 29.5 Å². The van der Waals surface area contributed by atoms with Crippen LogP contribution in [-0.4, -0.2) is 10.6 Å². The fraction of sp³-hybridized carbons (Fsp3) is 0.333. The molecule has 0 aliphatic carbocycles. The lowest BCUT2D eigenvalue weighted by molar-refractivity contribution is 0.622. The standard InChI is InChI=1S/C15H18BrFN2/c1-2-15(18)7-11-3-4-19(9-11)10-12-5-13(16)8-14(17)6-12/h3-6,8-9,15H,2,7,10,18H2,1H3. The van der Waals surface area contributed by atoms with Crippen LogP contribution in [0.5, 0.6) is 0 Å². The second-order valence-corrected chi connectivity index (χ2v) is 5.76. The maximum absolute atomic E-state index is 13.3. The van der Waals surface area contributed by atoms with Crippen molar-refractivity contribution in [3.8, 4) is 0 Å². The van der Waals surface area contributed by atoms with Crippen LogP contribution >= 0.6 is 15.9 Å². The molecular formula is C15H18BrFN2. The lowest BCUT2D eigenvalue weighted by Crippen LogP contribution is -2.21. The van der Waals surface area contributed by atoms with Crippen molar-refractivity contribution in [1.82, 2.24) is 4.57 Å². The number of rotatable bonds is 5. The zero-order chi connectivity index (χ0) is 13.8. The van der Waals surface area contributed by atoms with Gasteiger partial charge in [-0.25, -0.2) is 4.39 Å². The Bertz CT molecular complexity index is 531. The molecule has 1 unspecified atom stereocenters. The second kappa shape index (κ2) is 6.35. The molecule has 19 heavy (non-hydrogen) atoms. The van der Waals surface area contributed by atoms with Crippen molar-refractivity contribution in [1.29, 1.82) is 0 Å². The fourth-order valence-corrected chi connectivity index (χ4v) is 2.58. The minimum Gasteiger partial charge on any atom is -0.350 e. The summed E-state index contributed by atoms with van der Waals surface area (Å²) in [5, 5.41) is 0. The SMILES string of the molecule is CCC(N)Cc1ccn(Cc2cc(F)cc(Br)c2)c1. The van der Waals surface area contributed by atoms with Crippen LogP contribution in [0.2, 0.25) is 0 Å². The van der Waals surface area contributed by atoms with Crippen molar-refractivity contribution in [2.45, 2.75) is 32.4 Å². The summed E-state index contributed by atoms with van der Waals surface area (Å²) >= 11 is 3.31. The molecule has 0 radical (unpaired) electrons. The normalized spacial score (nSPS) is 12.6. The van der Waals surface area contributed by atoms with E-state index < -0.39 is 0 Å². The van der Waals surface area contributed by atoms with E-state index in [1.165, 1.54) is 11.6 Å². The number of hydrogen-bond donors (Lipinski definition) is 1. The Morgan fingerprint density at radius 1 is 1.32 bits per heavy atom. The van der Waals surface area contributed by atoms with Crippen LogP contribution in [0, 0.1) is 5.82 Å². The molecule has 1 heterocycles. The highest BCUT2D eigenvalue weighted by molar-refractivity contribution is 9.10. The van der Waals surface area contributed by atoms with E-state index in [9.17, 15) is 4.39 Å². The predicted octanol–water partition coefficient (Wildman–Crippen LogP) is 3.72. The minimum absolute atomic E-state index is 0.208. The maximum Gasteiger partial charge on any atom is 0.124 e. The quantitative estimate of drug-likeness (QED) is 0.892. The van der Waals surface area contributed by atoms with Crippen LogP contribution in [0.4, 0.5) is 4.39 Å². The highest BCUT2D eigenvalue weighted by Gasteiger charge is 2.04. The molecule has 1 aromatic carbocycles. The van der Waals surface area contributed by atoms with E-state index in [1.807, 2.05) is 12.3 Å². The van der Waals surface area contributed by atoms with Crippen molar-refractivity contribution in [3.05, 3.63) is 58.1 Å². The molecule has 2 N–H and O–H groups in total. The number of nitrogens with zero attached hydrogens (tertiary/aromatic N) is 1. The first-order chi connectivity index (χ1) is 9.06. The van der Waals surface area contributed by atoms with Crippen molar-refractivity contribution in [2.24, 2.45) is 5.73 Å². The zero-order valence-corrected chi connectivity index (χ0v) is 12.5. The van der Waals surface area contributed by atoms with Gasteiger partial charge in [0.2, 0.25) is 0 Å². The molecule has 2 rings (SSSR count). The number of hydrogen-bond acceptors (Lipinski definition) is 1. The molecule has 1 aromatic heterocycles. The van der Waals surface area contributed by atoms with Crippen molar-refractivity contribution in [3.63, 3.8) is 0 Å². The van der Waals surface area contributed by atoms with Gasteiger partial charge in [-0.3, -0.25) is 0 Å². The van der Waals surface area contributed by atoms with E-state index in [2.05, 4.69) is 39.7 Å². The molecule has 0 bridgehead atoms. The lowest BCUT2D eigenvalue weighted by atomic mass is 10.1. The van der Waals surface area contributed by atoms with Gasteiger partial charge in [-0.15, -0.1) is 0 Å². The highest BCUT2D eigenvalue weighted by Crippen LogP contribution is 2.16. The molecule has 0 saturated heterocycles. The van der Waals surface area contributed by atoms with E-state index in [1.54, 1.807) is 6.07 Å². The summed E-state index contributed by atoms with van der Waals surface area (Å²) in [4.78, 5) is 0. The number of aromatic nitrogens is 1. The molecule has 0 amide bonds. The van der Waals surface area contributed by atoms with E-state index in [4.69, 9.17) is 5.73 Å². The van der Waals surface area contributed by atoms with Crippen LogP contribution in [0.15, 0.2) is 41.1 Å². The Kier molecular flexibility index (Phi) is 4.77. The van der Waals surface area contributed by atoms with E-state index >= 15 is 0 Å². The van der Waals surface area contributed by atoms with Crippen LogP contribution in [0.25, 0.3) is 0 Å². The third-order valence-electron chi connectivity index (χ3n) is 3.12. The van der Waals surface area contributed by atoms with E-state index in [-0.39, 0.29) is 11.9 Å². The number of halogens is 2. The van der Waals surface area contributed by atoms with Gasteiger partial charge in [-0.05, 0) is 48.2 Å². The minimum atomic E-state index is -0.218. The molecule has 2 nitrogen and oxygen atoms in total. The zero-order valence-electron chi connectivity index (χ0n) is 10.9. The Balaban J connectivity index is 2.07. The van der Waals surface area contributed by atoms with Crippen molar-refractivity contribution in [2.75, 3.05) is 0 Å². The van der Waals surface area contributed by atoms with Gasteiger partial charge >= 0.3 is 0 Å². The van der Waals surface area contributed by atoms with E-state index in [0.717, 1.165) is 22.9 Å². The summed E-state index contributed by atoms with van der Waals surface area (Å²) in [6, 6.07) is 7.23. The summed E-state index contributed by atoms with van der Waals surface area (Å²) in [5.74, 6) is -0.218. The van der Waals surface area contributed by atoms with Crippen LogP contribution in [0.3, 0.4) is 0 Å². The molecule has 4 heteroatoms. The molecule has 0 fully saturated rings. The van der Waals surface area contributed by atoms with Crippen molar-refractivity contribution >= 4 is 15.9 Å². The molecule has 102 valence electrons. The maximum atomic E-state index is 13.3. The highest BCUT2D eigenvalue weighted by atomic mass is 79.9. The largest absolute Gasteiger partial charge is 0.350 e. The Hall–Kier alpha value is -1.13. The topological polar surface area (TPSA) is 30.9 Å². The predicted molar refractivity (Wildman–Crippen MR) is 79.6 cm³/mol. The van der Waals surface area contributed by atoms with Gasteiger partial charge in [0.1, 0.15) is 5.82 Å². The molecule has 0 saturated carbocycles. The van der Waals surface area contributed by atoms with Crippen LogP contribution in [-0.2, 0) is 13.0 Å². The summed E-state index contributed by atoms with van der Waals surface area (Å²) in [5.41, 5.74) is 8.11. The Morgan fingerprint density at radius 3 is 2.79 bits per heavy atom. The van der Waals surface area contributed by atoms with Gasteiger partial charge in [-0.1, -0.05) is 22.9 Å². The van der Waals surface area contributed by atoms with Crippen LogP contribution in [0.1, 0.15) is 24.5 Å². The first-order valence-corrected chi connectivity index (χ1v) is 7.21. The van der Waals surface area contributed by atoms with Crippen LogP contribution < -0.4 is 5.73 Å². The smallest absolute Gasteiger partial charge is 0.124 e. The molecule has 0 aliphatic heterocycles. The van der Waals surface area contributed by atoms with Crippen molar-refractivity contribution < 1.29 is 4.39 Å². The van der Waals surface area contributed by atoms with Gasteiger partial charge in [0.05, 0.1) is 0 Å².